The number of phenolic OH excluding ortho intramolecular Hbond substituents is 3. The van der Waals surface area contributed by atoms with Gasteiger partial charge in [-0.2, -0.15) is 0 Å². The smallest absolute Gasteiger partial charge is 0.330 e. The van der Waals surface area contributed by atoms with Crippen molar-refractivity contribution in [3.05, 3.63) is 147 Å². The van der Waals surface area contributed by atoms with Gasteiger partial charge in [-0.3, -0.25) is 33.6 Å². The van der Waals surface area contributed by atoms with E-state index in [1.165, 1.54) is 51.2 Å². The number of likely N-dealkylation sites (N-methyl/N-ethyl adjacent to an activating group) is 1. The Morgan fingerprint density at radius 2 is 1.29 bits per heavy atom. The van der Waals surface area contributed by atoms with Crippen molar-refractivity contribution in [2.45, 2.75) is 240 Å². The third kappa shape index (κ3) is 21.4. The number of rotatable bonds is 24. The van der Waals surface area contributed by atoms with E-state index in [2.05, 4.69) is 49.5 Å². The zero-order valence-electron chi connectivity index (χ0n) is 69.5. The Hall–Kier alpha value is -10.3. The van der Waals surface area contributed by atoms with E-state index < -0.39 is 261 Å². The van der Waals surface area contributed by atoms with Crippen LogP contribution in [-0.2, 0) is 68.6 Å². The first-order valence-corrected chi connectivity index (χ1v) is 41.8. The molecule has 39 heteroatoms. The predicted octanol–water partition coefficient (Wildman–Crippen LogP) is 4.13. The van der Waals surface area contributed by atoms with E-state index in [1.807, 2.05) is 38.1 Å². The maximum atomic E-state index is 16.6. The van der Waals surface area contributed by atoms with E-state index in [9.17, 15) is 65.4 Å². The van der Waals surface area contributed by atoms with E-state index in [4.69, 9.17) is 77.3 Å². The number of hydrogen-bond acceptors (Lipinski definition) is 29. The Bertz CT molecular complexity index is 4980. The second-order valence-electron chi connectivity index (χ2n) is 33.1. The number of carbonyl (C=O) groups excluding carboxylic acids is 7. The molecule has 0 unspecified atom stereocenters. The van der Waals surface area contributed by atoms with E-state index in [0.717, 1.165) is 79.8 Å². The number of aliphatic hydroxyl groups is 6. The van der Waals surface area contributed by atoms with Gasteiger partial charge in [0.2, 0.25) is 53.4 Å². The van der Waals surface area contributed by atoms with Gasteiger partial charge in [0, 0.05) is 53.2 Å². The highest BCUT2D eigenvalue weighted by Crippen LogP contribution is 2.51. The highest BCUT2D eigenvalue weighted by molar-refractivity contribution is 6.32. The molecule has 22 N–H and O–H groups in total. The number of aromatic hydroxyl groups is 3. The molecule has 37 nitrogen and oxygen atoms in total. The summed E-state index contributed by atoms with van der Waals surface area (Å²) >= 11 is 14.7. The predicted molar refractivity (Wildman–Crippen MR) is 444 cm³/mol. The largest absolute Gasteiger partial charge is 0.508 e. The molecule has 7 amide bonds. The number of phenols is 3. The van der Waals surface area contributed by atoms with Crippen LogP contribution in [0.3, 0.4) is 0 Å². The second-order valence-corrected chi connectivity index (χ2v) is 33.9. The number of carboxylic acid groups (broad SMARTS) is 1. The van der Waals surface area contributed by atoms with Gasteiger partial charge in [0.25, 0.3) is 0 Å². The fourth-order valence-corrected chi connectivity index (χ4v) is 16.6. The summed E-state index contributed by atoms with van der Waals surface area (Å²) in [4.78, 5) is 121. The Balaban J connectivity index is 1.07. The summed E-state index contributed by atoms with van der Waals surface area (Å²) in [7, 11) is 1.48. The Labute approximate surface area is 728 Å². The fraction of sp³-hybridized carbons (Fsp3) is 0.488. The number of primary amides is 1. The second kappa shape index (κ2) is 39.7. The number of ether oxygens (including phenoxy) is 9. The first-order chi connectivity index (χ1) is 59.3. The summed E-state index contributed by atoms with van der Waals surface area (Å²) in [5, 5.41) is 137. The number of nitrogens with one attached hydrogen (secondary N) is 8. The Morgan fingerprint density at radius 1 is 0.664 bits per heavy atom. The van der Waals surface area contributed by atoms with Gasteiger partial charge in [0.15, 0.2) is 36.2 Å². The van der Waals surface area contributed by atoms with Crippen LogP contribution in [0.25, 0.3) is 11.1 Å². The number of carboxylic acids is 1. The van der Waals surface area contributed by atoms with Gasteiger partial charge in [-0.15, -0.1) is 0 Å². The van der Waals surface area contributed by atoms with Gasteiger partial charge in [0.1, 0.15) is 95.2 Å². The zero-order valence-corrected chi connectivity index (χ0v) is 71.1. The number of halogens is 2. The SMILES string of the molecule is CCCCCCOc1ccc(CN[C@@]2(C)C[C@H](O[C@H]3[C@H](Oc4c5cc6cc4Oc4ccc(cc4Cl)[C@@H](O[C@H]4C[C@](C)(N)[C@@H](O)[C@H](C)O4)[C@@H]4NC(=O)[C@H](NC(=O)[C@@H]6NC(=O)[C@H](CC(N)=O)NC(=O)[C@H](NC(=O)[C@@H](CC(C)C)NC)[C@H](O)c6ccc(c(Cl)c6)O5)c5ccc(O)c(c5)-c5c(O)cc(O)cc5[C@@H](C(=O)O)NC4=O)O[C@H](CO)[C@@H](O)[C@@H]3O)O[C@@H](C)[C@@H]2O)cc1. The zero-order chi connectivity index (χ0) is 90.5. The standard InChI is InChI=1S/C86H106Cl2N10O27/c1-9-10-11-12-23-117-46-18-13-40(14-19-46)35-92-86(7)34-62(119-39(5)76(86)108)124-74-71(106)70(105)59(36-99)122-84(74)125-73-57-28-44-29-58(73)121-56-22-17-43(27-50(56)88)72(123-61-33-85(6,90)75(107)38(4)118-61)68-82(114)96-66(83(115)116)48-30-45(100)31-54(102)63(48)47-25-41(15-20-53(47)101)64(79(111)98-68)95-80(112)65(44)94-78(110)52(32-60(89)103)93-81(113)67(97-77(109)51(91-8)24-37(2)3)69(104)42-16-21-55(120-57)49(87)26-42/h13-22,25-31,37-39,51-52,59,61-62,64-72,74-76,84,91-92,99-102,104-108H,9-12,23-24,32-36,90H2,1-8H3,(H2,89,103)(H,93,113)(H,94,110)(H,95,112)(H,96,114)(H,97,109)(H,98,111)(H,115,116)/t38-,39-,51+,52-,59+,61-,62-,64+,65+,66-,67+,68-,69+,70+,71-,72+,74+,75-,76-,84-,85-,86-/m0/s1. The molecule has 0 aromatic heterocycles. The van der Waals surface area contributed by atoms with E-state index in [-0.39, 0.29) is 59.2 Å². The molecule has 0 spiro atoms. The number of carbonyl (C=O) groups is 8. The van der Waals surface area contributed by atoms with Crippen LogP contribution in [0.4, 0.5) is 0 Å². The molecule has 6 aromatic carbocycles. The Morgan fingerprint density at radius 3 is 1.91 bits per heavy atom. The molecule has 8 heterocycles. The summed E-state index contributed by atoms with van der Waals surface area (Å²) in [5.41, 5.74) is 7.82. The van der Waals surface area contributed by atoms with Crippen LogP contribution in [0.2, 0.25) is 10.0 Å². The molecule has 0 aliphatic carbocycles. The summed E-state index contributed by atoms with van der Waals surface area (Å²) in [5.74, 6) is -15.4. The number of amides is 7. The molecule has 8 aliphatic rings. The lowest BCUT2D eigenvalue weighted by atomic mass is 9.84. The summed E-state index contributed by atoms with van der Waals surface area (Å²) in [6.45, 7) is 11.8. The van der Waals surface area contributed by atoms with Gasteiger partial charge in [-0.05, 0) is 148 Å². The maximum absolute atomic E-state index is 16.6. The summed E-state index contributed by atoms with van der Waals surface area (Å²) < 4.78 is 58.9. The molecule has 8 aliphatic heterocycles. The van der Waals surface area contributed by atoms with E-state index >= 15 is 24.0 Å². The maximum Gasteiger partial charge on any atom is 0.330 e. The van der Waals surface area contributed by atoms with Crippen LogP contribution in [0.5, 0.6) is 51.7 Å². The van der Waals surface area contributed by atoms with Crippen LogP contribution in [-0.4, -0.2) is 222 Å². The number of aliphatic hydroxyl groups excluding tert-OH is 6. The number of unbranched alkanes of at least 4 members (excludes halogenated alkanes) is 3. The molecular formula is C86H106Cl2N10O27. The van der Waals surface area contributed by atoms with Crippen LogP contribution >= 0.6 is 23.2 Å². The van der Waals surface area contributed by atoms with Crippen molar-refractivity contribution in [1.29, 1.82) is 0 Å². The third-order valence-corrected chi connectivity index (χ3v) is 23.6. The lowest BCUT2D eigenvalue weighted by Gasteiger charge is -2.48. The number of nitrogens with two attached hydrogens (primary N) is 2. The van der Waals surface area contributed by atoms with Crippen molar-refractivity contribution in [2.75, 3.05) is 20.3 Å². The third-order valence-electron chi connectivity index (χ3n) is 23.0. The van der Waals surface area contributed by atoms with Crippen LogP contribution < -0.4 is 72.9 Å². The Kier molecular flexibility index (Phi) is 29.8. The molecule has 125 heavy (non-hydrogen) atoms. The van der Waals surface area contributed by atoms with Crippen molar-refractivity contribution >= 4 is 70.5 Å². The van der Waals surface area contributed by atoms with Crippen molar-refractivity contribution in [1.82, 2.24) is 42.5 Å². The monoisotopic (exact) mass is 1780 g/mol. The molecule has 676 valence electrons. The van der Waals surface area contributed by atoms with Crippen molar-refractivity contribution in [3.63, 3.8) is 0 Å². The average molecular weight is 1780 g/mol. The fourth-order valence-electron chi connectivity index (χ4n) is 16.1. The number of aliphatic carboxylic acids is 1. The minimum Gasteiger partial charge on any atom is -0.508 e. The molecule has 14 rings (SSSR count). The summed E-state index contributed by atoms with van der Waals surface area (Å²) in [6, 6.07) is 7.04. The van der Waals surface area contributed by atoms with Crippen LogP contribution in [0, 0.1) is 5.92 Å². The molecule has 22 atom stereocenters. The first-order valence-electron chi connectivity index (χ1n) is 41.0. The van der Waals surface area contributed by atoms with Crippen LogP contribution in [0.15, 0.2) is 103 Å². The van der Waals surface area contributed by atoms with Gasteiger partial charge in [0.05, 0.1) is 60.1 Å². The molecule has 11 bridgehead atoms. The summed E-state index contributed by atoms with van der Waals surface area (Å²) in [6.07, 6.45) is -18.8. The molecular weight excluding hydrogens is 1680 g/mol. The van der Waals surface area contributed by atoms with Gasteiger partial charge >= 0.3 is 5.97 Å². The first kappa shape index (κ1) is 93.8. The number of benzene rings is 6. The molecule has 3 saturated heterocycles. The van der Waals surface area contributed by atoms with E-state index in [1.54, 1.807) is 13.8 Å². The average Bonchev–Trinajstić information content (AvgIpc) is 0.778. The van der Waals surface area contributed by atoms with Crippen molar-refractivity contribution in [3.8, 4) is 62.9 Å². The van der Waals surface area contributed by atoms with Crippen molar-refractivity contribution < 1.29 is 132 Å². The highest BCUT2D eigenvalue weighted by Gasteiger charge is 2.53. The quantitative estimate of drug-likeness (QED) is 0.0379. The van der Waals surface area contributed by atoms with E-state index in [0.29, 0.717) is 12.4 Å². The normalized spacial score (nSPS) is 29.7. The number of hydrogen-bond donors (Lipinski definition) is 20. The highest BCUT2D eigenvalue weighted by atomic mass is 35.5. The molecule has 6 aromatic rings. The lowest BCUT2D eigenvalue weighted by Crippen LogP contribution is -2.65. The van der Waals surface area contributed by atoms with Crippen molar-refractivity contribution in [2.24, 2.45) is 17.4 Å². The molecule has 3 fully saturated rings. The topological polar surface area (TPSA) is 570 Å². The molecule has 0 radical (unpaired) electrons. The van der Waals surface area contributed by atoms with Gasteiger partial charge in [-0.25, -0.2) is 4.79 Å². The minimum atomic E-state index is -2.39. The lowest BCUT2D eigenvalue weighted by molar-refractivity contribution is -0.334. The van der Waals surface area contributed by atoms with Crippen LogP contribution in [0.1, 0.15) is 164 Å². The minimum absolute atomic E-state index is 0.117. The van der Waals surface area contributed by atoms with Gasteiger partial charge in [-0.1, -0.05) is 93.6 Å². The number of fused-ring (bicyclic) bond motifs is 15. The van der Waals surface area contributed by atoms with Gasteiger partial charge < -0.3 is 148 Å². The molecule has 0 saturated carbocycles.